The van der Waals surface area contributed by atoms with E-state index < -0.39 is 11.9 Å². The van der Waals surface area contributed by atoms with Crippen molar-refractivity contribution in [1.29, 1.82) is 0 Å². The van der Waals surface area contributed by atoms with Gasteiger partial charge in [-0.3, -0.25) is 4.90 Å². The number of nitrogens with zero attached hydrogens (tertiary/aromatic N) is 3. The van der Waals surface area contributed by atoms with Crippen molar-refractivity contribution in [3.8, 4) is 0 Å². The SMILES string of the molecule is Cc1nc([C@@H]2CCCCN2C)cc(C(F)(F)F)n1. The first-order valence-electron chi connectivity index (χ1n) is 6.01. The molecule has 1 aromatic heterocycles. The quantitative estimate of drug-likeness (QED) is 0.776. The summed E-state index contributed by atoms with van der Waals surface area (Å²) in [6.45, 7) is 2.40. The van der Waals surface area contributed by atoms with Gasteiger partial charge < -0.3 is 0 Å². The molecule has 0 aromatic carbocycles. The van der Waals surface area contributed by atoms with Crippen molar-refractivity contribution in [3.05, 3.63) is 23.3 Å². The maximum absolute atomic E-state index is 12.7. The Bertz CT molecular complexity index is 431. The van der Waals surface area contributed by atoms with E-state index in [0.29, 0.717) is 5.69 Å². The van der Waals surface area contributed by atoms with Gasteiger partial charge in [0, 0.05) is 0 Å². The van der Waals surface area contributed by atoms with E-state index in [1.165, 1.54) is 6.92 Å². The van der Waals surface area contributed by atoms with E-state index in [2.05, 4.69) is 14.9 Å². The first-order chi connectivity index (χ1) is 8.38. The zero-order chi connectivity index (χ0) is 13.3. The van der Waals surface area contributed by atoms with Crippen LogP contribution in [0.2, 0.25) is 0 Å². The van der Waals surface area contributed by atoms with Gasteiger partial charge in [-0.05, 0) is 39.4 Å². The Hall–Kier alpha value is -1.17. The van der Waals surface area contributed by atoms with Crippen LogP contribution in [0, 0.1) is 6.92 Å². The van der Waals surface area contributed by atoms with Gasteiger partial charge in [0.25, 0.3) is 0 Å². The smallest absolute Gasteiger partial charge is 0.298 e. The highest BCUT2D eigenvalue weighted by Crippen LogP contribution is 2.32. The first-order valence-corrected chi connectivity index (χ1v) is 6.01. The van der Waals surface area contributed by atoms with Gasteiger partial charge in [-0.1, -0.05) is 6.42 Å². The molecule has 0 bridgehead atoms. The van der Waals surface area contributed by atoms with E-state index >= 15 is 0 Å². The molecule has 18 heavy (non-hydrogen) atoms. The summed E-state index contributed by atoms with van der Waals surface area (Å²) in [5.41, 5.74) is -0.360. The molecular formula is C12H16F3N3. The van der Waals surface area contributed by atoms with Crippen molar-refractivity contribution in [3.63, 3.8) is 0 Å². The third kappa shape index (κ3) is 2.80. The van der Waals surface area contributed by atoms with Crippen LogP contribution in [0.25, 0.3) is 0 Å². The summed E-state index contributed by atoms with van der Waals surface area (Å²) in [4.78, 5) is 9.70. The van der Waals surface area contributed by atoms with Crippen LogP contribution < -0.4 is 0 Å². The first kappa shape index (κ1) is 13.3. The number of hydrogen-bond acceptors (Lipinski definition) is 3. The van der Waals surface area contributed by atoms with E-state index in [0.717, 1.165) is 31.9 Å². The van der Waals surface area contributed by atoms with Crippen molar-refractivity contribution in [1.82, 2.24) is 14.9 Å². The lowest BCUT2D eigenvalue weighted by molar-refractivity contribution is -0.141. The molecule has 2 rings (SSSR count). The molecule has 6 heteroatoms. The largest absolute Gasteiger partial charge is 0.433 e. The summed E-state index contributed by atoms with van der Waals surface area (Å²) >= 11 is 0. The standard InChI is InChI=1S/C12H16F3N3/c1-8-16-9(7-11(17-8)12(13,14)15)10-5-3-4-6-18(10)2/h7,10H,3-6H2,1-2H3/t10-/m0/s1. The van der Waals surface area contributed by atoms with Crippen molar-refractivity contribution < 1.29 is 13.2 Å². The van der Waals surface area contributed by atoms with Crippen molar-refractivity contribution in [2.45, 2.75) is 38.4 Å². The Balaban J connectivity index is 2.35. The number of aromatic nitrogens is 2. The summed E-state index contributed by atoms with van der Waals surface area (Å²) in [7, 11) is 1.93. The zero-order valence-electron chi connectivity index (χ0n) is 10.5. The molecule has 0 aliphatic carbocycles. The molecule has 0 N–H and O–H groups in total. The van der Waals surface area contributed by atoms with Crippen LogP contribution in [0.1, 0.15) is 42.5 Å². The van der Waals surface area contributed by atoms with Gasteiger partial charge in [0.05, 0.1) is 11.7 Å². The van der Waals surface area contributed by atoms with Gasteiger partial charge in [0.2, 0.25) is 0 Å². The topological polar surface area (TPSA) is 29.0 Å². The number of rotatable bonds is 1. The number of likely N-dealkylation sites (tertiary alicyclic amines) is 1. The number of halogens is 3. The highest BCUT2D eigenvalue weighted by atomic mass is 19.4. The van der Waals surface area contributed by atoms with Crippen LogP contribution in [0.15, 0.2) is 6.07 Å². The monoisotopic (exact) mass is 259 g/mol. The number of aryl methyl sites for hydroxylation is 1. The van der Waals surface area contributed by atoms with Gasteiger partial charge in [0.1, 0.15) is 11.5 Å². The second kappa shape index (κ2) is 4.84. The molecule has 2 heterocycles. The van der Waals surface area contributed by atoms with E-state index in [1.54, 1.807) is 0 Å². The number of hydrogen-bond donors (Lipinski definition) is 0. The Morgan fingerprint density at radius 3 is 2.61 bits per heavy atom. The molecule has 1 atom stereocenters. The lowest BCUT2D eigenvalue weighted by atomic mass is 9.99. The molecule has 3 nitrogen and oxygen atoms in total. The minimum Gasteiger partial charge on any atom is -0.298 e. The highest BCUT2D eigenvalue weighted by Gasteiger charge is 2.34. The third-order valence-corrected chi connectivity index (χ3v) is 3.26. The van der Waals surface area contributed by atoms with Crippen molar-refractivity contribution in [2.24, 2.45) is 0 Å². The predicted molar refractivity (Wildman–Crippen MR) is 61.0 cm³/mol. The minimum absolute atomic E-state index is 0.0263. The molecule has 0 saturated carbocycles. The fourth-order valence-electron chi connectivity index (χ4n) is 2.36. The molecule has 1 fully saturated rings. The average molecular weight is 259 g/mol. The summed E-state index contributed by atoms with van der Waals surface area (Å²) in [6.07, 6.45) is -1.44. The van der Waals surface area contributed by atoms with Crippen molar-refractivity contribution in [2.75, 3.05) is 13.6 Å². The van der Waals surface area contributed by atoms with Crippen LogP contribution in [-0.4, -0.2) is 28.5 Å². The molecule has 0 unspecified atom stereocenters. The zero-order valence-corrected chi connectivity index (χ0v) is 10.5. The summed E-state index contributed by atoms with van der Waals surface area (Å²) < 4.78 is 38.1. The van der Waals surface area contributed by atoms with Gasteiger partial charge in [-0.2, -0.15) is 13.2 Å². The molecular weight excluding hydrogens is 243 g/mol. The van der Waals surface area contributed by atoms with Crippen molar-refractivity contribution >= 4 is 0 Å². The van der Waals surface area contributed by atoms with Gasteiger partial charge >= 0.3 is 6.18 Å². The molecule has 1 saturated heterocycles. The molecule has 1 aliphatic rings. The number of piperidine rings is 1. The minimum atomic E-state index is -4.41. The third-order valence-electron chi connectivity index (χ3n) is 3.26. The van der Waals surface area contributed by atoms with Crippen LogP contribution >= 0.6 is 0 Å². The van der Waals surface area contributed by atoms with Gasteiger partial charge in [0.15, 0.2) is 0 Å². The lowest BCUT2D eigenvalue weighted by Gasteiger charge is -2.32. The summed E-state index contributed by atoms with van der Waals surface area (Å²) in [6, 6.07) is 1.06. The maximum atomic E-state index is 12.7. The fraction of sp³-hybridized carbons (Fsp3) is 0.667. The maximum Gasteiger partial charge on any atom is 0.433 e. The molecule has 100 valence electrons. The second-order valence-electron chi connectivity index (χ2n) is 4.72. The highest BCUT2D eigenvalue weighted by molar-refractivity contribution is 5.17. The van der Waals surface area contributed by atoms with Crippen LogP contribution in [0.5, 0.6) is 0 Å². The molecule has 1 aromatic rings. The van der Waals surface area contributed by atoms with Crippen LogP contribution in [0.3, 0.4) is 0 Å². The van der Waals surface area contributed by atoms with E-state index in [9.17, 15) is 13.2 Å². The Morgan fingerprint density at radius 1 is 1.28 bits per heavy atom. The average Bonchev–Trinajstić information content (AvgIpc) is 2.27. The van der Waals surface area contributed by atoms with E-state index in [-0.39, 0.29) is 11.9 Å². The molecule has 0 radical (unpaired) electrons. The normalized spacial score (nSPS) is 22.2. The summed E-state index contributed by atoms with van der Waals surface area (Å²) in [5.74, 6) is 0.179. The Labute approximate surface area is 104 Å². The molecule has 0 spiro atoms. The fourth-order valence-corrected chi connectivity index (χ4v) is 2.36. The molecule has 1 aliphatic heterocycles. The second-order valence-corrected chi connectivity index (χ2v) is 4.72. The molecule has 0 amide bonds. The van der Waals surface area contributed by atoms with Gasteiger partial charge in [-0.15, -0.1) is 0 Å². The lowest BCUT2D eigenvalue weighted by Crippen LogP contribution is -2.30. The Kier molecular flexibility index (Phi) is 3.56. The van der Waals surface area contributed by atoms with E-state index in [1.807, 2.05) is 7.05 Å². The Morgan fingerprint density at radius 2 is 2.00 bits per heavy atom. The summed E-state index contributed by atoms with van der Waals surface area (Å²) in [5, 5.41) is 0. The van der Waals surface area contributed by atoms with Gasteiger partial charge in [-0.25, -0.2) is 9.97 Å². The predicted octanol–water partition coefficient (Wildman–Crippen LogP) is 2.96. The van der Waals surface area contributed by atoms with E-state index in [4.69, 9.17) is 0 Å². The number of alkyl halides is 3. The van der Waals surface area contributed by atoms with Crippen LogP contribution in [-0.2, 0) is 6.18 Å². The van der Waals surface area contributed by atoms with Crippen LogP contribution in [0.4, 0.5) is 13.2 Å².